The number of aromatic nitrogens is 1. The summed E-state index contributed by atoms with van der Waals surface area (Å²) < 4.78 is 1.15. The minimum absolute atomic E-state index is 0.229. The summed E-state index contributed by atoms with van der Waals surface area (Å²) in [5.74, 6) is 0.193. The molecule has 1 amide bonds. The second-order valence-corrected chi connectivity index (χ2v) is 9.09. The van der Waals surface area contributed by atoms with Crippen LogP contribution in [0.2, 0.25) is 0 Å². The van der Waals surface area contributed by atoms with Gasteiger partial charge < -0.3 is 5.32 Å². The fraction of sp³-hybridized carbons (Fsp3) is 0.160. The lowest BCUT2D eigenvalue weighted by Crippen LogP contribution is -2.34. The van der Waals surface area contributed by atoms with E-state index in [1.54, 1.807) is 11.3 Å². The minimum Gasteiger partial charge on any atom is -0.332 e. The van der Waals surface area contributed by atoms with Gasteiger partial charge in [-0.2, -0.15) is 0 Å². The van der Waals surface area contributed by atoms with Gasteiger partial charge in [0.25, 0.3) is 5.91 Å². The fourth-order valence-electron chi connectivity index (χ4n) is 3.34. The SMILES string of the molecule is Cc1c(NC(=S)NC(=O)c2ccc(C(C)C)cc2)cccc1-c1nc2ccccc2s1. The molecule has 156 valence electrons. The molecule has 0 saturated heterocycles. The number of benzene rings is 3. The molecule has 1 aromatic heterocycles. The average Bonchev–Trinajstić information content (AvgIpc) is 3.19. The number of thiocarbonyl (C=S) groups is 1. The molecular formula is C25H23N3OS2. The van der Waals surface area contributed by atoms with Crippen molar-refractivity contribution < 1.29 is 4.79 Å². The summed E-state index contributed by atoms with van der Waals surface area (Å²) in [6, 6.07) is 21.7. The van der Waals surface area contributed by atoms with Gasteiger partial charge in [0.1, 0.15) is 5.01 Å². The molecule has 3 aromatic carbocycles. The lowest BCUT2D eigenvalue weighted by Gasteiger charge is -2.14. The van der Waals surface area contributed by atoms with Crippen molar-refractivity contribution in [2.75, 3.05) is 5.32 Å². The molecule has 0 fully saturated rings. The van der Waals surface area contributed by atoms with Crippen LogP contribution in [-0.2, 0) is 0 Å². The van der Waals surface area contributed by atoms with Crippen LogP contribution in [0, 0.1) is 6.92 Å². The first kappa shape index (κ1) is 21.2. The Kier molecular flexibility index (Phi) is 6.11. The number of hydrogen-bond acceptors (Lipinski definition) is 4. The summed E-state index contributed by atoms with van der Waals surface area (Å²) in [4.78, 5) is 17.3. The summed E-state index contributed by atoms with van der Waals surface area (Å²) in [6.07, 6.45) is 0. The lowest BCUT2D eigenvalue weighted by atomic mass is 10.0. The van der Waals surface area contributed by atoms with Crippen molar-refractivity contribution >= 4 is 50.5 Å². The Hall–Kier alpha value is -3.09. The van der Waals surface area contributed by atoms with Gasteiger partial charge in [-0.05, 0) is 66.5 Å². The number of carbonyl (C=O) groups is 1. The van der Waals surface area contributed by atoms with Gasteiger partial charge in [-0.25, -0.2) is 4.98 Å². The third-order valence-electron chi connectivity index (χ3n) is 5.17. The van der Waals surface area contributed by atoms with Gasteiger partial charge >= 0.3 is 0 Å². The van der Waals surface area contributed by atoms with E-state index in [1.807, 2.05) is 61.5 Å². The van der Waals surface area contributed by atoms with Gasteiger partial charge in [-0.15, -0.1) is 11.3 Å². The molecule has 0 aliphatic rings. The smallest absolute Gasteiger partial charge is 0.257 e. The van der Waals surface area contributed by atoms with Gasteiger partial charge in [0.05, 0.1) is 10.2 Å². The second kappa shape index (κ2) is 8.96. The number of rotatable bonds is 4. The van der Waals surface area contributed by atoms with E-state index in [4.69, 9.17) is 17.2 Å². The van der Waals surface area contributed by atoms with Crippen molar-refractivity contribution in [3.63, 3.8) is 0 Å². The summed E-state index contributed by atoms with van der Waals surface area (Å²) >= 11 is 7.06. The molecule has 1 heterocycles. The Morgan fingerprint density at radius 2 is 1.74 bits per heavy atom. The van der Waals surface area contributed by atoms with Crippen LogP contribution in [0.15, 0.2) is 66.7 Å². The number of thiazole rings is 1. The molecule has 0 aliphatic heterocycles. The quantitative estimate of drug-likeness (QED) is 0.351. The molecule has 4 nitrogen and oxygen atoms in total. The Balaban J connectivity index is 1.49. The Labute approximate surface area is 191 Å². The van der Waals surface area contributed by atoms with Crippen LogP contribution in [0.5, 0.6) is 0 Å². The highest BCUT2D eigenvalue weighted by molar-refractivity contribution is 7.80. The Morgan fingerprint density at radius 1 is 1.00 bits per heavy atom. The maximum atomic E-state index is 12.6. The maximum absolute atomic E-state index is 12.6. The van der Waals surface area contributed by atoms with E-state index >= 15 is 0 Å². The highest BCUT2D eigenvalue weighted by Gasteiger charge is 2.13. The molecule has 2 N–H and O–H groups in total. The van der Waals surface area contributed by atoms with Crippen molar-refractivity contribution in [2.24, 2.45) is 0 Å². The molecular weight excluding hydrogens is 422 g/mol. The van der Waals surface area contributed by atoms with Crippen molar-refractivity contribution in [3.05, 3.63) is 83.4 Å². The van der Waals surface area contributed by atoms with Crippen molar-refractivity contribution in [2.45, 2.75) is 26.7 Å². The van der Waals surface area contributed by atoms with Crippen molar-refractivity contribution in [1.29, 1.82) is 0 Å². The highest BCUT2D eigenvalue weighted by Crippen LogP contribution is 2.34. The average molecular weight is 446 g/mol. The summed E-state index contributed by atoms with van der Waals surface area (Å²) in [7, 11) is 0. The minimum atomic E-state index is -0.229. The molecule has 0 saturated carbocycles. The first-order valence-electron chi connectivity index (χ1n) is 10.1. The van der Waals surface area contributed by atoms with E-state index in [9.17, 15) is 4.79 Å². The number of nitrogens with one attached hydrogen (secondary N) is 2. The van der Waals surface area contributed by atoms with E-state index < -0.39 is 0 Å². The molecule has 0 radical (unpaired) electrons. The summed E-state index contributed by atoms with van der Waals surface area (Å²) in [5.41, 5.74) is 5.68. The van der Waals surface area contributed by atoms with Gasteiger partial charge in [0, 0.05) is 16.8 Å². The number of anilines is 1. The van der Waals surface area contributed by atoms with Gasteiger partial charge in [-0.3, -0.25) is 10.1 Å². The predicted molar refractivity (Wildman–Crippen MR) is 134 cm³/mol. The fourth-order valence-corrected chi connectivity index (χ4v) is 4.59. The van der Waals surface area contributed by atoms with Crippen LogP contribution in [0.25, 0.3) is 20.8 Å². The molecule has 4 aromatic rings. The third-order valence-corrected chi connectivity index (χ3v) is 6.45. The van der Waals surface area contributed by atoms with Crippen LogP contribution >= 0.6 is 23.6 Å². The predicted octanol–water partition coefficient (Wildman–Crippen LogP) is 6.52. The lowest BCUT2D eigenvalue weighted by molar-refractivity contribution is 0.0977. The highest BCUT2D eigenvalue weighted by atomic mass is 32.1. The van der Waals surface area contributed by atoms with Gasteiger partial charge in [-0.1, -0.05) is 50.2 Å². The number of fused-ring (bicyclic) bond motifs is 1. The molecule has 31 heavy (non-hydrogen) atoms. The molecule has 6 heteroatoms. The van der Waals surface area contributed by atoms with Crippen LogP contribution < -0.4 is 10.6 Å². The zero-order valence-corrected chi connectivity index (χ0v) is 19.2. The van der Waals surface area contributed by atoms with Crippen LogP contribution in [-0.4, -0.2) is 16.0 Å². The molecule has 0 bridgehead atoms. The first-order valence-corrected chi connectivity index (χ1v) is 11.3. The van der Waals surface area contributed by atoms with Gasteiger partial charge in [0.15, 0.2) is 5.11 Å². The topological polar surface area (TPSA) is 54.0 Å². The number of para-hydroxylation sites is 1. The Morgan fingerprint density at radius 3 is 2.45 bits per heavy atom. The van der Waals surface area contributed by atoms with E-state index in [-0.39, 0.29) is 11.0 Å². The normalized spacial score (nSPS) is 11.0. The van der Waals surface area contributed by atoms with E-state index in [2.05, 4.69) is 36.6 Å². The van der Waals surface area contributed by atoms with Crippen molar-refractivity contribution in [1.82, 2.24) is 10.3 Å². The summed E-state index contributed by atoms with van der Waals surface area (Å²) in [6.45, 7) is 6.27. The Bertz CT molecular complexity index is 1230. The largest absolute Gasteiger partial charge is 0.332 e. The zero-order chi connectivity index (χ0) is 22.0. The zero-order valence-electron chi connectivity index (χ0n) is 17.6. The van der Waals surface area contributed by atoms with Crippen LogP contribution in [0.1, 0.15) is 41.3 Å². The van der Waals surface area contributed by atoms with E-state index in [0.29, 0.717) is 11.5 Å². The number of amides is 1. The molecule has 0 spiro atoms. The number of hydrogen-bond donors (Lipinski definition) is 2. The van der Waals surface area contributed by atoms with Gasteiger partial charge in [0.2, 0.25) is 0 Å². The molecule has 0 aliphatic carbocycles. The van der Waals surface area contributed by atoms with E-state index in [1.165, 1.54) is 5.56 Å². The van der Waals surface area contributed by atoms with Crippen LogP contribution in [0.4, 0.5) is 5.69 Å². The standard InChI is InChI=1S/C25H23N3OS2/c1-15(2)17-11-13-18(14-12-17)23(29)28-25(30)27-20-9-6-7-19(16(20)3)24-26-21-8-4-5-10-22(21)31-24/h4-15H,1-3H3,(H2,27,28,29,30). The maximum Gasteiger partial charge on any atom is 0.257 e. The number of nitrogens with zero attached hydrogens (tertiary/aromatic N) is 1. The third kappa shape index (κ3) is 4.65. The number of carbonyl (C=O) groups excluding carboxylic acids is 1. The van der Waals surface area contributed by atoms with Crippen molar-refractivity contribution in [3.8, 4) is 10.6 Å². The van der Waals surface area contributed by atoms with E-state index in [0.717, 1.165) is 32.0 Å². The summed E-state index contributed by atoms with van der Waals surface area (Å²) in [5, 5.41) is 7.16. The first-order chi connectivity index (χ1) is 14.9. The molecule has 0 unspecified atom stereocenters. The van der Waals surface area contributed by atoms with Crippen LogP contribution in [0.3, 0.4) is 0 Å². The monoisotopic (exact) mass is 445 g/mol. The molecule has 0 atom stereocenters. The second-order valence-electron chi connectivity index (χ2n) is 7.65. The molecule has 4 rings (SSSR count).